The maximum Gasteiger partial charge on any atom is 0.320 e. The first-order valence-electron chi connectivity index (χ1n) is 9.27. The Hall–Kier alpha value is -2.57. The Morgan fingerprint density at radius 2 is 2.23 bits per heavy atom. The van der Waals surface area contributed by atoms with E-state index in [4.69, 9.17) is 0 Å². The highest BCUT2D eigenvalue weighted by Crippen LogP contribution is 2.18. The van der Waals surface area contributed by atoms with Gasteiger partial charge in [-0.25, -0.2) is 9.78 Å². The number of urea groups is 1. The number of pyridine rings is 1. The minimum absolute atomic E-state index is 0.116. The SMILES string of the molecule is CC(C)CCc1cc(NC(=O)N[C@@H]2CCN(c3ccccn3)C2)n(C)n1. The minimum atomic E-state index is -0.184. The van der Waals surface area contributed by atoms with Crippen molar-refractivity contribution in [3.05, 3.63) is 36.2 Å². The topological polar surface area (TPSA) is 75.1 Å². The lowest BCUT2D eigenvalue weighted by Crippen LogP contribution is -2.40. The summed E-state index contributed by atoms with van der Waals surface area (Å²) in [6.45, 7) is 6.07. The monoisotopic (exact) mass is 356 g/mol. The summed E-state index contributed by atoms with van der Waals surface area (Å²) in [4.78, 5) is 18.9. The van der Waals surface area contributed by atoms with E-state index in [9.17, 15) is 4.79 Å². The van der Waals surface area contributed by atoms with Gasteiger partial charge in [-0.3, -0.25) is 10.00 Å². The minimum Gasteiger partial charge on any atom is -0.354 e. The third kappa shape index (κ3) is 4.74. The van der Waals surface area contributed by atoms with E-state index in [1.54, 1.807) is 10.9 Å². The lowest BCUT2D eigenvalue weighted by molar-refractivity contribution is 0.249. The van der Waals surface area contributed by atoms with Gasteiger partial charge in [-0.15, -0.1) is 0 Å². The van der Waals surface area contributed by atoms with E-state index in [-0.39, 0.29) is 12.1 Å². The number of amides is 2. The van der Waals surface area contributed by atoms with Gasteiger partial charge in [0.1, 0.15) is 11.6 Å². The van der Waals surface area contributed by atoms with Crippen molar-refractivity contribution in [2.75, 3.05) is 23.3 Å². The molecule has 0 radical (unpaired) electrons. The summed E-state index contributed by atoms with van der Waals surface area (Å²) in [6, 6.07) is 7.77. The average molecular weight is 356 g/mol. The smallest absolute Gasteiger partial charge is 0.320 e. The lowest BCUT2D eigenvalue weighted by Gasteiger charge is -2.17. The molecule has 3 rings (SSSR count). The molecule has 7 heteroatoms. The second-order valence-electron chi connectivity index (χ2n) is 7.30. The first-order chi connectivity index (χ1) is 12.5. The molecule has 0 saturated carbocycles. The Kier molecular flexibility index (Phi) is 5.75. The fraction of sp³-hybridized carbons (Fsp3) is 0.526. The first kappa shape index (κ1) is 18.2. The molecular weight excluding hydrogens is 328 g/mol. The predicted octanol–water partition coefficient (Wildman–Crippen LogP) is 2.80. The summed E-state index contributed by atoms with van der Waals surface area (Å²) in [6.07, 6.45) is 4.72. The van der Waals surface area contributed by atoms with Crippen molar-refractivity contribution in [3.8, 4) is 0 Å². The first-order valence-corrected chi connectivity index (χ1v) is 9.27. The van der Waals surface area contributed by atoms with Crippen LogP contribution < -0.4 is 15.5 Å². The summed E-state index contributed by atoms with van der Waals surface area (Å²) in [5.74, 6) is 2.32. The van der Waals surface area contributed by atoms with E-state index in [2.05, 4.69) is 39.5 Å². The maximum atomic E-state index is 12.3. The molecule has 0 unspecified atom stereocenters. The van der Waals surface area contributed by atoms with Crippen LogP contribution in [-0.4, -0.2) is 39.9 Å². The fourth-order valence-corrected chi connectivity index (χ4v) is 3.17. The molecule has 0 spiro atoms. The molecule has 1 atom stereocenters. The number of rotatable bonds is 6. The molecule has 3 heterocycles. The van der Waals surface area contributed by atoms with Gasteiger partial charge in [-0.2, -0.15) is 5.10 Å². The van der Waals surface area contributed by atoms with Crippen LogP contribution in [0.5, 0.6) is 0 Å². The molecule has 7 nitrogen and oxygen atoms in total. The molecule has 26 heavy (non-hydrogen) atoms. The molecule has 1 fully saturated rings. The number of carbonyl (C=O) groups is 1. The molecule has 140 valence electrons. The fourth-order valence-electron chi connectivity index (χ4n) is 3.17. The van der Waals surface area contributed by atoms with Crippen molar-refractivity contribution < 1.29 is 4.79 Å². The van der Waals surface area contributed by atoms with Crippen molar-refractivity contribution >= 4 is 17.7 Å². The van der Waals surface area contributed by atoms with E-state index < -0.39 is 0 Å². The van der Waals surface area contributed by atoms with Crippen molar-refractivity contribution in [3.63, 3.8) is 0 Å². The second-order valence-corrected chi connectivity index (χ2v) is 7.30. The number of carbonyl (C=O) groups excluding carboxylic acids is 1. The van der Waals surface area contributed by atoms with Gasteiger partial charge >= 0.3 is 6.03 Å². The van der Waals surface area contributed by atoms with Crippen molar-refractivity contribution in [1.82, 2.24) is 20.1 Å². The molecule has 2 amide bonds. The number of anilines is 2. The molecule has 0 bridgehead atoms. The van der Waals surface area contributed by atoms with Crippen LogP contribution in [0.3, 0.4) is 0 Å². The van der Waals surface area contributed by atoms with Gasteiger partial charge in [-0.1, -0.05) is 19.9 Å². The Morgan fingerprint density at radius 1 is 1.38 bits per heavy atom. The largest absolute Gasteiger partial charge is 0.354 e. The second kappa shape index (κ2) is 8.21. The van der Waals surface area contributed by atoms with Gasteiger partial charge in [0.15, 0.2) is 0 Å². The van der Waals surface area contributed by atoms with E-state index in [0.29, 0.717) is 5.92 Å². The van der Waals surface area contributed by atoms with Gasteiger partial charge in [-0.05, 0) is 37.3 Å². The predicted molar refractivity (Wildman–Crippen MR) is 103 cm³/mol. The lowest BCUT2D eigenvalue weighted by atomic mass is 10.1. The van der Waals surface area contributed by atoms with Crippen molar-refractivity contribution in [2.24, 2.45) is 13.0 Å². The van der Waals surface area contributed by atoms with Crippen LogP contribution in [0.2, 0.25) is 0 Å². The van der Waals surface area contributed by atoms with Crippen LogP contribution in [0.1, 0.15) is 32.4 Å². The third-order valence-corrected chi connectivity index (χ3v) is 4.65. The van der Waals surface area contributed by atoms with E-state index in [1.165, 1.54) is 0 Å². The molecule has 1 saturated heterocycles. The standard InChI is InChI=1S/C19H28N6O/c1-14(2)7-8-15-12-18(24(3)23-15)22-19(26)21-16-9-11-25(13-16)17-6-4-5-10-20-17/h4-6,10,12,14,16H,7-9,11,13H2,1-3H3,(H2,21,22,26)/t16-/m1/s1. The molecular formula is C19H28N6O. The molecule has 2 aromatic rings. The van der Waals surface area contributed by atoms with E-state index in [0.717, 1.165) is 49.7 Å². The van der Waals surface area contributed by atoms with Gasteiger partial charge in [0.25, 0.3) is 0 Å². The van der Waals surface area contributed by atoms with Gasteiger partial charge in [0, 0.05) is 38.4 Å². The Balaban J connectivity index is 1.50. The van der Waals surface area contributed by atoms with Gasteiger partial charge < -0.3 is 10.2 Å². The zero-order valence-electron chi connectivity index (χ0n) is 15.8. The number of hydrogen-bond acceptors (Lipinski definition) is 4. The Morgan fingerprint density at radius 3 is 2.96 bits per heavy atom. The van der Waals surface area contributed by atoms with Crippen LogP contribution in [0, 0.1) is 5.92 Å². The highest BCUT2D eigenvalue weighted by atomic mass is 16.2. The Labute approximate surface area is 154 Å². The molecule has 1 aliphatic rings. The normalized spacial score (nSPS) is 16.9. The summed E-state index contributed by atoms with van der Waals surface area (Å²) < 4.78 is 1.73. The van der Waals surface area contributed by atoms with Gasteiger partial charge in [0.05, 0.1) is 5.69 Å². The van der Waals surface area contributed by atoms with Crippen LogP contribution in [-0.2, 0) is 13.5 Å². The summed E-state index contributed by atoms with van der Waals surface area (Å²) >= 11 is 0. The third-order valence-electron chi connectivity index (χ3n) is 4.65. The molecule has 0 aromatic carbocycles. The number of hydrogen-bond donors (Lipinski definition) is 2. The van der Waals surface area contributed by atoms with Gasteiger partial charge in [0.2, 0.25) is 0 Å². The Bertz CT molecular complexity index is 727. The summed E-state index contributed by atoms with van der Waals surface area (Å²) in [5.41, 5.74) is 1.01. The van der Waals surface area contributed by atoms with Crippen LogP contribution in [0.25, 0.3) is 0 Å². The van der Waals surface area contributed by atoms with Crippen LogP contribution in [0.15, 0.2) is 30.5 Å². The van der Waals surface area contributed by atoms with Crippen molar-refractivity contribution in [1.29, 1.82) is 0 Å². The molecule has 1 aliphatic heterocycles. The van der Waals surface area contributed by atoms with Crippen molar-refractivity contribution in [2.45, 2.75) is 39.2 Å². The van der Waals surface area contributed by atoms with E-state index in [1.807, 2.05) is 31.3 Å². The number of nitrogens with zero attached hydrogens (tertiary/aromatic N) is 4. The zero-order chi connectivity index (χ0) is 18.5. The quantitative estimate of drug-likeness (QED) is 0.835. The number of nitrogens with one attached hydrogen (secondary N) is 2. The maximum absolute atomic E-state index is 12.3. The molecule has 0 aliphatic carbocycles. The summed E-state index contributed by atoms with van der Waals surface area (Å²) in [5, 5.41) is 10.4. The summed E-state index contributed by atoms with van der Waals surface area (Å²) in [7, 11) is 1.85. The zero-order valence-corrected chi connectivity index (χ0v) is 15.8. The van der Waals surface area contributed by atoms with Crippen LogP contribution >= 0.6 is 0 Å². The highest BCUT2D eigenvalue weighted by molar-refractivity contribution is 5.88. The van der Waals surface area contributed by atoms with E-state index >= 15 is 0 Å². The number of aryl methyl sites for hydroxylation is 2. The van der Waals surface area contributed by atoms with Crippen LogP contribution in [0.4, 0.5) is 16.4 Å². The molecule has 2 N–H and O–H groups in total. The molecule has 2 aromatic heterocycles. The number of aromatic nitrogens is 3. The average Bonchev–Trinajstić information content (AvgIpc) is 3.21. The highest BCUT2D eigenvalue weighted by Gasteiger charge is 2.25.